The molecule has 0 atom stereocenters. The predicted octanol–water partition coefficient (Wildman–Crippen LogP) is 2.69. The Hall–Kier alpha value is -1.82. The third-order valence-electron chi connectivity index (χ3n) is 2.56. The Kier molecular flexibility index (Phi) is 3.13. The zero-order valence-corrected chi connectivity index (χ0v) is 9.57. The Balaban J connectivity index is 2.46. The van der Waals surface area contributed by atoms with Crippen molar-refractivity contribution in [3.8, 4) is 5.69 Å². The lowest BCUT2D eigenvalue weighted by molar-refractivity contribution is -0.137. The topological polar surface area (TPSA) is 38.0 Å². The van der Waals surface area contributed by atoms with Crippen molar-refractivity contribution in [2.75, 3.05) is 0 Å². The van der Waals surface area contributed by atoms with E-state index in [0.717, 1.165) is 22.6 Å². The summed E-state index contributed by atoms with van der Waals surface area (Å²) in [7, 11) is 0. The van der Waals surface area contributed by atoms with Gasteiger partial charge >= 0.3 is 6.18 Å². The zero-order valence-electron chi connectivity index (χ0n) is 9.57. The van der Waals surface area contributed by atoms with Gasteiger partial charge in [0.2, 0.25) is 0 Å². The van der Waals surface area contributed by atoms with Gasteiger partial charge in [-0.25, -0.2) is 4.68 Å². The SMILES string of the molecule is Cc1ccc(-n2cc(C(F)(F)F)cn2)c(CO)c1. The molecule has 6 heteroatoms. The summed E-state index contributed by atoms with van der Waals surface area (Å²) in [6.07, 6.45) is -2.74. The molecule has 96 valence electrons. The molecule has 1 aromatic carbocycles. The van der Waals surface area contributed by atoms with E-state index in [4.69, 9.17) is 0 Å². The largest absolute Gasteiger partial charge is 0.419 e. The first-order valence-corrected chi connectivity index (χ1v) is 5.24. The van der Waals surface area contributed by atoms with Crippen LogP contribution in [0.5, 0.6) is 0 Å². The molecule has 0 aliphatic rings. The van der Waals surface area contributed by atoms with Crippen LogP contribution < -0.4 is 0 Å². The molecule has 0 saturated heterocycles. The fourth-order valence-electron chi connectivity index (χ4n) is 1.67. The molecule has 0 aliphatic carbocycles. The van der Waals surface area contributed by atoms with Gasteiger partial charge < -0.3 is 5.11 Å². The summed E-state index contributed by atoms with van der Waals surface area (Å²) < 4.78 is 38.5. The van der Waals surface area contributed by atoms with Crippen molar-refractivity contribution in [1.82, 2.24) is 9.78 Å². The number of benzene rings is 1. The number of alkyl halides is 3. The van der Waals surface area contributed by atoms with Crippen LogP contribution in [0.15, 0.2) is 30.6 Å². The molecular formula is C12H11F3N2O. The highest BCUT2D eigenvalue weighted by Gasteiger charge is 2.32. The summed E-state index contributed by atoms with van der Waals surface area (Å²) in [6.45, 7) is 1.59. The quantitative estimate of drug-likeness (QED) is 0.897. The summed E-state index contributed by atoms with van der Waals surface area (Å²) in [5.41, 5.74) is 1.09. The molecule has 0 bridgehead atoms. The Bertz CT molecular complexity index is 561. The highest BCUT2D eigenvalue weighted by Crippen LogP contribution is 2.29. The van der Waals surface area contributed by atoms with E-state index in [2.05, 4.69) is 5.10 Å². The van der Waals surface area contributed by atoms with E-state index in [9.17, 15) is 18.3 Å². The van der Waals surface area contributed by atoms with E-state index in [1.807, 2.05) is 6.92 Å². The van der Waals surface area contributed by atoms with Gasteiger partial charge in [0.05, 0.1) is 24.1 Å². The van der Waals surface area contributed by atoms with Crippen LogP contribution in [0.3, 0.4) is 0 Å². The number of rotatable bonds is 2. The van der Waals surface area contributed by atoms with Crippen LogP contribution in [-0.2, 0) is 12.8 Å². The van der Waals surface area contributed by atoms with Gasteiger partial charge in [-0.1, -0.05) is 17.7 Å². The van der Waals surface area contributed by atoms with Gasteiger partial charge in [-0.2, -0.15) is 18.3 Å². The lowest BCUT2D eigenvalue weighted by atomic mass is 10.1. The number of aliphatic hydroxyl groups is 1. The second-order valence-electron chi connectivity index (χ2n) is 3.96. The van der Waals surface area contributed by atoms with Crippen LogP contribution in [0.4, 0.5) is 13.2 Å². The highest BCUT2D eigenvalue weighted by molar-refractivity contribution is 5.42. The van der Waals surface area contributed by atoms with Gasteiger partial charge in [0, 0.05) is 11.8 Å². The van der Waals surface area contributed by atoms with Gasteiger partial charge in [-0.05, 0) is 13.0 Å². The molecule has 1 aromatic heterocycles. The number of hydrogen-bond donors (Lipinski definition) is 1. The van der Waals surface area contributed by atoms with E-state index < -0.39 is 11.7 Å². The van der Waals surface area contributed by atoms with Crippen LogP contribution in [0.1, 0.15) is 16.7 Å². The van der Waals surface area contributed by atoms with Gasteiger partial charge in [0.15, 0.2) is 0 Å². The Labute approximate surface area is 101 Å². The molecule has 3 nitrogen and oxygen atoms in total. The number of hydrogen-bond acceptors (Lipinski definition) is 2. The first-order valence-electron chi connectivity index (χ1n) is 5.24. The minimum Gasteiger partial charge on any atom is -0.392 e. The van der Waals surface area contributed by atoms with E-state index >= 15 is 0 Å². The second kappa shape index (κ2) is 4.45. The average Bonchev–Trinajstić information content (AvgIpc) is 2.77. The minimum atomic E-state index is -4.41. The van der Waals surface area contributed by atoms with Crippen LogP contribution in [0.2, 0.25) is 0 Å². The third-order valence-corrected chi connectivity index (χ3v) is 2.56. The van der Waals surface area contributed by atoms with Crippen LogP contribution in [0, 0.1) is 6.92 Å². The zero-order chi connectivity index (χ0) is 13.3. The van der Waals surface area contributed by atoms with Crippen molar-refractivity contribution in [1.29, 1.82) is 0 Å². The van der Waals surface area contributed by atoms with Crippen molar-refractivity contribution in [2.24, 2.45) is 0 Å². The summed E-state index contributed by atoms with van der Waals surface area (Å²) in [6, 6.07) is 5.10. The minimum absolute atomic E-state index is 0.252. The van der Waals surface area contributed by atoms with Gasteiger partial charge in [-0.3, -0.25) is 0 Å². The van der Waals surface area contributed by atoms with E-state index in [1.165, 1.54) is 0 Å². The molecule has 0 fully saturated rings. The third kappa shape index (κ3) is 2.38. The van der Waals surface area contributed by atoms with Gasteiger partial charge in [0.25, 0.3) is 0 Å². The molecule has 0 radical (unpaired) electrons. The number of halogens is 3. The van der Waals surface area contributed by atoms with Crippen LogP contribution in [-0.4, -0.2) is 14.9 Å². The molecule has 0 amide bonds. The Morgan fingerprint density at radius 3 is 2.61 bits per heavy atom. The lowest BCUT2D eigenvalue weighted by Crippen LogP contribution is -2.04. The lowest BCUT2D eigenvalue weighted by Gasteiger charge is -2.08. The standard InChI is InChI=1S/C12H11F3N2O/c1-8-2-3-11(9(4-8)7-18)17-6-10(5-16-17)12(13,14)15/h2-6,18H,7H2,1H3. The van der Waals surface area contributed by atoms with Crippen molar-refractivity contribution in [2.45, 2.75) is 19.7 Å². The fraction of sp³-hybridized carbons (Fsp3) is 0.250. The molecule has 0 saturated carbocycles. The van der Waals surface area contributed by atoms with E-state index in [-0.39, 0.29) is 6.61 Å². The molecule has 0 unspecified atom stereocenters. The number of nitrogens with zero attached hydrogens (tertiary/aromatic N) is 2. The highest BCUT2D eigenvalue weighted by atomic mass is 19.4. The summed E-state index contributed by atoms with van der Waals surface area (Å²) >= 11 is 0. The van der Waals surface area contributed by atoms with Gasteiger partial charge in [-0.15, -0.1) is 0 Å². The van der Waals surface area contributed by atoms with E-state index in [1.54, 1.807) is 18.2 Å². The maximum absolute atomic E-state index is 12.5. The molecule has 1 N–H and O–H groups in total. The molecule has 0 aliphatic heterocycles. The molecular weight excluding hydrogens is 245 g/mol. The summed E-state index contributed by atoms with van der Waals surface area (Å²) in [5.74, 6) is 0. The van der Waals surface area contributed by atoms with Gasteiger partial charge in [0.1, 0.15) is 0 Å². The molecule has 1 heterocycles. The van der Waals surface area contributed by atoms with E-state index in [0.29, 0.717) is 11.3 Å². The van der Waals surface area contributed by atoms with Crippen molar-refractivity contribution in [3.05, 3.63) is 47.3 Å². The Morgan fingerprint density at radius 1 is 1.33 bits per heavy atom. The maximum atomic E-state index is 12.5. The van der Waals surface area contributed by atoms with Crippen LogP contribution in [0.25, 0.3) is 5.69 Å². The predicted molar refractivity (Wildman–Crippen MR) is 59.2 cm³/mol. The normalized spacial score (nSPS) is 11.8. The van der Waals surface area contributed by atoms with Crippen LogP contribution >= 0.6 is 0 Å². The second-order valence-corrected chi connectivity index (χ2v) is 3.96. The average molecular weight is 256 g/mol. The Morgan fingerprint density at radius 2 is 2.06 bits per heavy atom. The number of aliphatic hydroxyl groups excluding tert-OH is 1. The summed E-state index contributed by atoms with van der Waals surface area (Å²) in [4.78, 5) is 0. The maximum Gasteiger partial charge on any atom is 0.419 e. The molecule has 0 spiro atoms. The number of aromatic nitrogens is 2. The molecule has 18 heavy (non-hydrogen) atoms. The molecule has 2 aromatic rings. The fourth-order valence-corrected chi connectivity index (χ4v) is 1.67. The van der Waals surface area contributed by atoms with Crippen molar-refractivity contribution < 1.29 is 18.3 Å². The molecule has 2 rings (SSSR count). The van der Waals surface area contributed by atoms with Crippen molar-refractivity contribution >= 4 is 0 Å². The smallest absolute Gasteiger partial charge is 0.392 e. The first-order chi connectivity index (χ1) is 8.41. The monoisotopic (exact) mass is 256 g/mol. The van der Waals surface area contributed by atoms with Crippen molar-refractivity contribution in [3.63, 3.8) is 0 Å². The summed E-state index contributed by atoms with van der Waals surface area (Å²) in [5, 5.41) is 12.9. The number of aryl methyl sites for hydroxylation is 1. The first kappa shape index (κ1) is 12.6.